The normalized spacial score (nSPS) is 18.8. The van der Waals surface area contributed by atoms with Gasteiger partial charge in [-0.2, -0.15) is 0 Å². The molecule has 0 aliphatic heterocycles. The molecule has 2 aromatic carbocycles. The second-order valence-corrected chi connectivity index (χ2v) is 9.45. The predicted octanol–water partition coefficient (Wildman–Crippen LogP) is 7.15. The Bertz CT molecular complexity index is 656. The van der Waals surface area contributed by atoms with Gasteiger partial charge in [0.05, 0.1) is 0 Å². The van der Waals surface area contributed by atoms with E-state index in [1.807, 2.05) is 0 Å². The zero-order valence-corrected chi connectivity index (χ0v) is 18.6. The molecule has 0 N–H and O–H groups in total. The Balaban J connectivity index is 1.41. The van der Waals surface area contributed by atoms with E-state index in [1.54, 1.807) is 0 Å². The summed E-state index contributed by atoms with van der Waals surface area (Å²) in [6, 6.07) is 17.3. The van der Waals surface area contributed by atoms with Crippen molar-refractivity contribution in [3.05, 3.63) is 59.7 Å². The molecule has 0 aromatic heterocycles. The van der Waals surface area contributed by atoms with E-state index in [1.165, 1.54) is 75.3 Å². The van der Waals surface area contributed by atoms with Gasteiger partial charge >= 0.3 is 177 Å². The van der Waals surface area contributed by atoms with Crippen LogP contribution in [0.2, 0.25) is 0 Å². The molecule has 2 nitrogen and oxygen atoms in total. The number of hydrogen-bond donors (Lipinski definition) is 0. The van der Waals surface area contributed by atoms with Gasteiger partial charge in [0, 0.05) is 0 Å². The first kappa shape index (κ1) is 19.2. The Morgan fingerprint density at radius 3 is 1.41 bits per heavy atom. The summed E-state index contributed by atoms with van der Waals surface area (Å²) in [5.74, 6) is 3.49. The number of para-hydroxylation sites is 2. The van der Waals surface area contributed by atoms with Gasteiger partial charge in [-0.05, 0) is 0 Å². The second-order valence-electron chi connectivity index (χ2n) is 8.03. The molecule has 27 heavy (non-hydrogen) atoms. The van der Waals surface area contributed by atoms with Crippen molar-refractivity contribution in [2.75, 3.05) is 0 Å². The molecule has 3 heteroatoms. The summed E-state index contributed by atoms with van der Waals surface area (Å²) in [6.45, 7) is 0. The van der Waals surface area contributed by atoms with Crippen LogP contribution in [0.4, 0.5) is 0 Å². The molecule has 142 valence electrons. The van der Waals surface area contributed by atoms with E-state index < -0.39 is 24.1 Å². The van der Waals surface area contributed by atoms with Gasteiger partial charge in [-0.15, -0.1) is 0 Å². The summed E-state index contributed by atoms with van der Waals surface area (Å²) < 4.78 is 12.6. The Morgan fingerprint density at radius 1 is 0.556 bits per heavy atom. The summed E-state index contributed by atoms with van der Waals surface area (Å²) in [5.41, 5.74) is 2.81. The molecule has 0 bridgehead atoms. The van der Waals surface area contributed by atoms with Crippen molar-refractivity contribution in [1.82, 2.24) is 0 Å². The molecule has 2 aliphatic rings. The maximum absolute atomic E-state index is 6.28. The van der Waals surface area contributed by atoms with Crippen LogP contribution in [0.15, 0.2) is 48.5 Å². The third kappa shape index (κ3) is 5.05. The van der Waals surface area contributed by atoms with E-state index in [9.17, 15) is 0 Å². The summed E-state index contributed by atoms with van der Waals surface area (Å²) in [4.78, 5) is 0. The first-order valence-electron chi connectivity index (χ1n) is 10.7. The van der Waals surface area contributed by atoms with E-state index in [0.717, 1.165) is 11.5 Å². The maximum atomic E-state index is 6.28. The second kappa shape index (κ2) is 9.92. The van der Waals surface area contributed by atoms with Crippen LogP contribution >= 0.6 is 0 Å². The minimum atomic E-state index is -1.41. The molecule has 0 spiro atoms. The van der Waals surface area contributed by atoms with Gasteiger partial charge in [0.15, 0.2) is 0 Å². The van der Waals surface area contributed by atoms with Crippen LogP contribution in [0.1, 0.15) is 87.2 Å². The molecule has 2 fully saturated rings. The minimum absolute atomic E-state index is 0.670. The average Bonchev–Trinajstić information content (AvgIpc) is 2.76. The summed E-state index contributed by atoms with van der Waals surface area (Å²) in [7, 11) is 0. The number of benzene rings is 2. The molecule has 2 aromatic rings. The molecule has 0 heterocycles. The fraction of sp³-hybridized carbons (Fsp3) is 0.500. The Hall–Kier alpha value is -1.08. The fourth-order valence-electron chi connectivity index (χ4n) is 4.76. The van der Waals surface area contributed by atoms with Gasteiger partial charge in [0.2, 0.25) is 0 Å². The third-order valence-corrected chi connectivity index (χ3v) is 7.72. The van der Waals surface area contributed by atoms with Gasteiger partial charge in [-0.25, -0.2) is 0 Å². The van der Waals surface area contributed by atoms with E-state index in [-0.39, 0.29) is 0 Å². The molecule has 4 rings (SSSR count). The first-order valence-corrected chi connectivity index (χ1v) is 12.7. The number of rotatable bonds is 6. The molecule has 2 saturated carbocycles. The standard InChI is InChI=1S/2C12H16O.Zr/c2*13-12-9-5-4-8-11(12)10-6-2-1-3-7-10;/h2*4-5,8-10,13H,1-3,6-7H2;/q;;+2/p-2. The van der Waals surface area contributed by atoms with Gasteiger partial charge in [0.25, 0.3) is 0 Å². The predicted molar refractivity (Wildman–Crippen MR) is 106 cm³/mol. The van der Waals surface area contributed by atoms with Crippen molar-refractivity contribution < 1.29 is 29.7 Å². The van der Waals surface area contributed by atoms with Crippen molar-refractivity contribution in [1.29, 1.82) is 0 Å². The van der Waals surface area contributed by atoms with Crippen molar-refractivity contribution in [2.24, 2.45) is 0 Å². The summed E-state index contributed by atoms with van der Waals surface area (Å²) >= 11 is -1.41. The van der Waals surface area contributed by atoms with E-state index in [2.05, 4.69) is 48.5 Å². The van der Waals surface area contributed by atoms with Crippen LogP contribution in [-0.2, 0) is 24.1 Å². The van der Waals surface area contributed by atoms with Gasteiger partial charge in [0.1, 0.15) is 0 Å². The van der Waals surface area contributed by atoms with Crippen LogP contribution in [0, 0.1) is 0 Å². The molecule has 0 saturated heterocycles. The van der Waals surface area contributed by atoms with Crippen molar-refractivity contribution >= 4 is 0 Å². The summed E-state index contributed by atoms with van der Waals surface area (Å²) in [6.07, 6.45) is 13.4. The molecular weight excluding hydrogens is 411 g/mol. The van der Waals surface area contributed by atoms with E-state index >= 15 is 0 Å². The summed E-state index contributed by atoms with van der Waals surface area (Å²) in [5, 5.41) is 0. The third-order valence-electron chi connectivity index (χ3n) is 6.23. The van der Waals surface area contributed by atoms with Gasteiger partial charge in [-0.3, -0.25) is 0 Å². The van der Waals surface area contributed by atoms with Crippen LogP contribution in [0.5, 0.6) is 11.5 Å². The van der Waals surface area contributed by atoms with Crippen LogP contribution in [0.3, 0.4) is 0 Å². The monoisotopic (exact) mass is 440 g/mol. The fourth-order valence-corrected chi connectivity index (χ4v) is 6.22. The Kier molecular flexibility index (Phi) is 7.07. The molecule has 0 amide bonds. The van der Waals surface area contributed by atoms with E-state index in [4.69, 9.17) is 5.63 Å². The Labute approximate surface area is 176 Å². The van der Waals surface area contributed by atoms with Crippen LogP contribution in [0.25, 0.3) is 0 Å². The van der Waals surface area contributed by atoms with Gasteiger partial charge in [-0.1, -0.05) is 0 Å². The number of hydrogen-bond acceptors (Lipinski definition) is 2. The van der Waals surface area contributed by atoms with Crippen LogP contribution < -0.4 is 5.63 Å². The van der Waals surface area contributed by atoms with Crippen molar-refractivity contribution in [3.63, 3.8) is 0 Å². The quantitative estimate of drug-likeness (QED) is 0.474. The molecular formula is C24H30O2Zr. The topological polar surface area (TPSA) is 18.5 Å². The zero-order valence-electron chi connectivity index (χ0n) is 16.2. The average molecular weight is 442 g/mol. The molecule has 0 unspecified atom stereocenters. The van der Waals surface area contributed by atoms with Crippen molar-refractivity contribution in [2.45, 2.75) is 76.0 Å². The Morgan fingerprint density at radius 2 is 0.963 bits per heavy atom. The van der Waals surface area contributed by atoms with Gasteiger partial charge < -0.3 is 0 Å². The van der Waals surface area contributed by atoms with Crippen molar-refractivity contribution in [3.8, 4) is 11.5 Å². The zero-order chi connectivity index (χ0) is 18.3. The SMILES string of the molecule is c1ccc(C2CCCCC2)c([O][Zr][O]c2ccccc2C2CCCCC2)c1. The molecule has 2 aliphatic carbocycles. The first-order chi connectivity index (χ1) is 13.4. The van der Waals surface area contributed by atoms with Crippen LogP contribution in [-0.4, -0.2) is 0 Å². The van der Waals surface area contributed by atoms with E-state index in [0.29, 0.717) is 11.8 Å². The molecule has 0 atom stereocenters. The molecule has 0 radical (unpaired) electrons.